The number of hydrogen-bond acceptors (Lipinski definition) is 3. The van der Waals surface area contributed by atoms with Crippen molar-refractivity contribution in [2.75, 3.05) is 20.8 Å². The molecule has 112 valence electrons. The van der Waals surface area contributed by atoms with E-state index in [4.69, 9.17) is 9.47 Å². The minimum absolute atomic E-state index is 0.664. The molecule has 1 N–H and O–H groups in total. The van der Waals surface area contributed by atoms with Crippen LogP contribution in [-0.2, 0) is 0 Å². The Balaban J connectivity index is 1.66. The zero-order valence-electron chi connectivity index (χ0n) is 12.7. The highest BCUT2D eigenvalue weighted by atomic mass is 16.5. The van der Waals surface area contributed by atoms with Crippen molar-refractivity contribution in [3.63, 3.8) is 0 Å². The number of methoxy groups -OCH3 is 1. The average Bonchev–Trinajstić information content (AvgIpc) is 3.02. The van der Waals surface area contributed by atoms with Gasteiger partial charge in [0.05, 0.1) is 13.7 Å². The van der Waals surface area contributed by atoms with Crippen LogP contribution in [0.4, 0.5) is 0 Å². The van der Waals surface area contributed by atoms with Gasteiger partial charge in [-0.05, 0) is 62.9 Å². The van der Waals surface area contributed by atoms with E-state index >= 15 is 0 Å². The lowest BCUT2D eigenvalue weighted by molar-refractivity contribution is 0.277. The molecule has 0 spiro atoms. The maximum Gasteiger partial charge on any atom is 0.119 e. The Morgan fingerprint density at radius 3 is 2.40 bits per heavy atom. The smallest absolute Gasteiger partial charge is 0.119 e. The van der Waals surface area contributed by atoms with Gasteiger partial charge >= 0.3 is 0 Å². The summed E-state index contributed by atoms with van der Waals surface area (Å²) < 4.78 is 10.9. The van der Waals surface area contributed by atoms with Crippen molar-refractivity contribution >= 4 is 0 Å². The first-order valence-corrected chi connectivity index (χ1v) is 7.77. The summed E-state index contributed by atoms with van der Waals surface area (Å²) in [6, 6.07) is 8.46. The average molecular weight is 277 g/mol. The predicted molar refractivity (Wildman–Crippen MR) is 82.5 cm³/mol. The molecule has 0 heterocycles. The second-order valence-corrected chi connectivity index (χ2v) is 5.61. The molecular formula is C17H27NO2. The largest absolute Gasteiger partial charge is 0.497 e. The Kier molecular flexibility index (Phi) is 6.19. The summed E-state index contributed by atoms with van der Waals surface area (Å²) in [5, 5.41) is 3.49. The summed E-state index contributed by atoms with van der Waals surface area (Å²) in [6.45, 7) is 0.789. The molecule has 1 atom stereocenters. The zero-order valence-corrected chi connectivity index (χ0v) is 12.7. The van der Waals surface area contributed by atoms with E-state index in [0.29, 0.717) is 6.04 Å². The van der Waals surface area contributed by atoms with E-state index in [1.165, 1.54) is 32.1 Å². The van der Waals surface area contributed by atoms with Crippen LogP contribution in [0.5, 0.6) is 11.5 Å². The van der Waals surface area contributed by atoms with Gasteiger partial charge in [-0.3, -0.25) is 0 Å². The third-order valence-electron chi connectivity index (χ3n) is 4.33. The number of rotatable bonds is 8. The molecule has 1 unspecified atom stereocenters. The summed E-state index contributed by atoms with van der Waals surface area (Å²) >= 11 is 0. The molecule has 1 aromatic rings. The van der Waals surface area contributed by atoms with Crippen LogP contribution < -0.4 is 14.8 Å². The van der Waals surface area contributed by atoms with Crippen molar-refractivity contribution < 1.29 is 9.47 Å². The van der Waals surface area contributed by atoms with Crippen molar-refractivity contribution in [3.05, 3.63) is 24.3 Å². The molecule has 1 aliphatic rings. The summed E-state index contributed by atoms with van der Waals surface area (Å²) in [6.07, 6.45) is 7.91. The van der Waals surface area contributed by atoms with Crippen LogP contribution >= 0.6 is 0 Å². The number of hydrogen-bond donors (Lipinski definition) is 1. The lowest BCUT2D eigenvalue weighted by atomic mass is 9.94. The van der Waals surface area contributed by atoms with Crippen molar-refractivity contribution in [1.82, 2.24) is 5.32 Å². The number of ether oxygens (including phenoxy) is 2. The van der Waals surface area contributed by atoms with E-state index in [1.807, 2.05) is 24.3 Å². The summed E-state index contributed by atoms with van der Waals surface area (Å²) in [5.74, 6) is 2.67. The molecule has 3 heteroatoms. The molecule has 0 bridgehead atoms. The quantitative estimate of drug-likeness (QED) is 0.736. The second kappa shape index (κ2) is 8.15. The van der Waals surface area contributed by atoms with Crippen LogP contribution in [0, 0.1) is 5.92 Å². The Bertz CT molecular complexity index is 371. The highest BCUT2D eigenvalue weighted by Crippen LogP contribution is 2.29. The number of nitrogens with one attached hydrogen (secondary N) is 1. The first-order valence-electron chi connectivity index (χ1n) is 7.77. The molecule has 0 aliphatic heterocycles. The molecule has 1 fully saturated rings. The topological polar surface area (TPSA) is 30.5 Å². The lowest BCUT2D eigenvalue weighted by Gasteiger charge is -2.22. The Morgan fingerprint density at radius 2 is 1.80 bits per heavy atom. The van der Waals surface area contributed by atoms with E-state index in [-0.39, 0.29) is 0 Å². The maximum atomic E-state index is 5.78. The highest BCUT2D eigenvalue weighted by molar-refractivity contribution is 5.31. The van der Waals surface area contributed by atoms with Crippen molar-refractivity contribution in [1.29, 1.82) is 0 Å². The molecule has 2 rings (SSSR count). The first-order chi connectivity index (χ1) is 9.83. The monoisotopic (exact) mass is 277 g/mol. The van der Waals surface area contributed by atoms with Gasteiger partial charge in [-0.15, -0.1) is 0 Å². The molecule has 1 saturated carbocycles. The Labute approximate surface area is 122 Å². The van der Waals surface area contributed by atoms with Crippen LogP contribution in [-0.4, -0.2) is 26.8 Å². The van der Waals surface area contributed by atoms with Crippen LogP contribution in [0.2, 0.25) is 0 Å². The van der Waals surface area contributed by atoms with Gasteiger partial charge < -0.3 is 14.8 Å². The van der Waals surface area contributed by atoms with E-state index < -0.39 is 0 Å². The fourth-order valence-corrected chi connectivity index (χ4v) is 3.14. The van der Waals surface area contributed by atoms with Gasteiger partial charge in [0.15, 0.2) is 0 Å². The first kappa shape index (κ1) is 15.2. The second-order valence-electron chi connectivity index (χ2n) is 5.61. The van der Waals surface area contributed by atoms with Gasteiger partial charge in [-0.2, -0.15) is 0 Å². The third kappa shape index (κ3) is 4.41. The molecule has 0 radical (unpaired) electrons. The van der Waals surface area contributed by atoms with Gasteiger partial charge in [-0.25, -0.2) is 0 Å². The van der Waals surface area contributed by atoms with Crippen LogP contribution in [0.3, 0.4) is 0 Å². The van der Waals surface area contributed by atoms with E-state index in [9.17, 15) is 0 Å². The van der Waals surface area contributed by atoms with Crippen molar-refractivity contribution in [2.45, 2.75) is 44.6 Å². The lowest BCUT2D eigenvalue weighted by Crippen LogP contribution is -2.32. The SMILES string of the molecule is CNC(CCCOc1ccc(OC)cc1)C1CCCC1. The summed E-state index contributed by atoms with van der Waals surface area (Å²) in [7, 11) is 3.77. The Hall–Kier alpha value is -1.22. The molecular weight excluding hydrogens is 250 g/mol. The third-order valence-corrected chi connectivity index (χ3v) is 4.33. The molecule has 0 aromatic heterocycles. The molecule has 3 nitrogen and oxygen atoms in total. The van der Waals surface area contributed by atoms with Crippen LogP contribution in [0.1, 0.15) is 38.5 Å². The van der Waals surface area contributed by atoms with E-state index in [2.05, 4.69) is 12.4 Å². The van der Waals surface area contributed by atoms with Crippen molar-refractivity contribution in [3.8, 4) is 11.5 Å². The molecule has 1 aliphatic carbocycles. The predicted octanol–water partition coefficient (Wildman–Crippen LogP) is 3.63. The highest BCUT2D eigenvalue weighted by Gasteiger charge is 2.23. The molecule has 0 amide bonds. The molecule has 20 heavy (non-hydrogen) atoms. The van der Waals surface area contributed by atoms with Gasteiger partial charge in [0.2, 0.25) is 0 Å². The Morgan fingerprint density at radius 1 is 1.15 bits per heavy atom. The fraction of sp³-hybridized carbons (Fsp3) is 0.647. The van der Waals surface area contributed by atoms with Crippen LogP contribution in [0.25, 0.3) is 0 Å². The van der Waals surface area contributed by atoms with Crippen LogP contribution in [0.15, 0.2) is 24.3 Å². The minimum Gasteiger partial charge on any atom is -0.497 e. The van der Waals surface area contributed by atoms with E-state index in [1.54, 1.807) is 7.11 Å². The normalized spacial score (nSPS) is 17.1. The van der Waals surface area contributed by atoms with Gasteiger partial charge in [0.25, 0.3) is 0 Å². The summed E-state index contributed by atoms with van der Waals surface area (Å²) in [4.78, 5) is 0. The van der Waals surface area contributed by atoms with Gasteiger partial charge in [0, 0.05) is 6.04 Å². The molecule has 0 saturated heterocycles. The van der Waals surface area contributed by atoms with Gasteiger partial charge in [0.1, 0.15) is 11.5 Å². The minimum atomic E-state index is 0.664. The number of benzene rings is 1. The summed E-state index contributed by atoms with van der Waals surface area (Å²) in [5.41, 5.74) is 0. The maximum absolute atomic E-state index is 5.78. The van der Waals surface area contributed by atoms with Gasteiger partial charge in [-0.1, -0.05) is 12.8 Å². The van der Waals surface area contributed by atoms with Crippen molar-refractivity contribution in [2.24, 2.45) is 5.92 Å². The standard InChI is InChI=1S/C17H27NO2/c1-18-17(14-6-3-4-7-14)8-5-13-20-16-11-9-15(19-2)10-12-16/h9-12,14,17-18H,3-8,13H2,1-2H3. The fourth-order valence-electron chi connectivity index (χ4n) is 3.14. The zero-order chi connectivity index (χ0) is 14.2. The van der Waals surface area contributed by atoms with E-state index in [0.717, 1.165) is 30.4 Å². The molecule has 1 aromatic carbocycles.